The van der Waals surface area contributed by atoms with E-state index < -0.39 is 12.6 Å². The summed E-state index contributed by atoms with van der Waals surface area (Å²) in [6.07, 6.45) is -0.229. The number of rotatable bonds is 4. The fourth-order valence-corrected chi connectivity index (χ4v) is 2.34. The van der Waals surface area contributed by atoms with Crippen molar-refractivity contribution in [3.05, 3.63) is 23.2 Å². The van der Waals surface area contributed by atoms with E-state index in [1.165, 1.54) is 6.07 Å². The average Bonchev–Trinajstić information content (AvgIpc) is 2.59. The van der Waals surface area contributed by atoms with Gasteiger partial charge in [0.05, 0.1) is 11.1 Å². The lowest BCUT2D eigenvalue weighted by Gasteiger charge is -2.03. The highest BCUT2D eigenvalue weighted by Crippen LogP contribution is 2.30. The van der Waals surface area contributed by atoms with Gasteiger partial charge in [-0.05, 0) is 12.1 Å². The number of para-hydroxylation sites is 1. The molecule has 0 amide bonds. The zero-order valence-corrected chi connectivity index (χ0v) is 9.21. The van der Waals surface area contributed by atoms with E-state index >= 15 is 0 Å². The fourth-order valence-electron chi connectivity index (χ4n) is 1.37. The minimum Gasteiger partial charge on any atom is -0.481 e. The Kier molecular flexibility index (Phi) is 3.19. The van der Waals surface area contributed by atoms with Gasteiger partial charge in [-0.25, -0.2) is 4.98 Å². The maximum Gasteiger partial charge on any atom is 0.387 e. The first-order chi connectivity index (χ1) is 8.06. The van der Waals surface area contributed by atoms with Crippen molar-refractivity contribution in [3.8, 4) is 5.75 Å². The van der Waals surface area contributed by atoms with Gasteiger partial charge in [-0.3, -0.25) is 4.79 Å². The van der Waals surface area contributed by atoms with E-state index in [1.54, 1.807) is 12.1 Å². The SMILES string of the molecule is O=C(O)Cc1nc2c(OC(F)F)cccc2s1. The third-order valence-electron chi connectivity index (χ3n) is 1.94. The van der Waals surface area contributed by atoms with Crippen LogP contribution in [0.1, 0.15) is 5.01 Å². The van der Waals surface area contributed by atoms with Crippen molar-refractivity contribution in [2.45, 2.75) is 13.0 Å². The van der Waals surface area contributed by atoms with Gasteiger partial charge in [0.1, 0.15) is 10.5 Å². The molecule has 0 radical (unpaired) electrons. The maximum atomic E-state index is 12.1. The van der Waals surface area contributed by atoms with E-state index in [-0.39, 0.29) is 17.7 Å². The van der Waals surface area contributed by atoms with Gasteiger partial charge in [-0.1, -0.05) is 6.07 Å². The summed E-state index contributed by atoms with van der Waals surface area (Å²) in [7, 11) is 0. The van der Waals surface area contributed by atoms with E-state index in [0.717, 1.165) is 11.3 Å². The number of halogens is 2. The average molecular weight is 259 g/mol. The second-order valence-electron chi connectivity index (χ2n) is 3.16. The van der Waals surface area contributed by atoms with Crippen LogP contribution in [-0.4, -0.2) is 22.7 Å². The molecule has 17 heavy (non-hydrogen) atoms. The minimum atomic E-state index is -2.93. The standard InChI is InChI=1S/C10H7F2NO3S/c11-10(12)16-5-2-1-3-6-9(5)13-7(17-6)4-8(14)15/h1-3,10H,4H2,(H,14,15). The van der Waals surface area contributed by atoms with Gasteiger partial charge in [-0.15, -0.1) is 11.3 Å². The summed E-state index contributed by atoms with van der Waals surface area (Å²) in [5.41, 5.74) is 0.272. The van der Waals surface area contributed by atoms with Crippen molar-refractivity contribution in [2.75, 3.05) is 0 Å². The van der Waals surface area contributed by atoms with Gasteiger partial charge in [0, 0.05) is 0 Å². The van der Waals surface area contributed by atoms with Gasteiger partial charge < -0.3 is 9.84 Å². The number of aromatic nitrogens is 1. The van der Waals surface area contributed by atoms with Crippen molar-refractivity contribution < 1.29 is 23.4 Å². The molecule has 0 unspecified atom stereocenters. The molecule has 0 atom stereocenters. The first kappa shape index (κ1) is 11.7. The number of aliphatic carboxylic acids is 1. The number of thiazole rings is 1. The number of alkyl halides is 2. The molecular weight excluding hydrogens is 252 g/mol. The van der Waals surface area contributed by atoms with Crippen LogP contribution in [0.5, 0.6) is 5.75 Å². The Balaban J connectivity index is 2.41. The molecule has 0 spiro atoms. The Hall–Kier alpha value is -1.76. The molecule has 0 saturated heterocycles. The van der Waals surface area contributed by atoms with E-state index in [2.05, 4.69) is 9.72 Å². The summed E-state index contributed by atoms with van der Waals surface area (Å²) in [6, 6.07) is 4.61. The first-order valence-corrected chi connectivity index (χ1v) is 5.43. The fraction of sp³-hybridized carbons (Fsp3) is 0.200. The highest BCUT2D eigenvalue weighted by molar-refractivity contribution is 7.18. The van der Waals surface area contributed by atoms with E-state index in [4.69, 9.17) is 5.11 Å². The number of carbonyl (C=O) groups is 1. The van der Waals surface area contributed by atoms with Crippen LogP contribution in [0, 0.1) is 0 Å². The van der Waals surface area contributed by atoms with E-state index in [9.17, 15) is 13.6 Å². The van der Waals surface area contributed by atoms with Crippen LogP contribution >= 0.6 is 11.3 Å². The molecule has 4 nitrogen and oxygen atoms in total. The zero-order valence-electron chi connectivity index (χ0n) is 8.39. The second-order valence-corrected chi connectivity index (χ2v) is 4.27. The van der Waals surface area contributed by atoms with Gasteiger partial charge in [0.2, 0.25) is 0 Å². The molecule has 0 aliphatic carbocycles. The molecule has 2 aromatic rings. The van der Waals surface area contributed by atoms with E-state index in [0.29, 0.717) is 9.71 Å². The molecule has 7 heteroatoms. The van der Waals surface area contributed by atoms with Gasteiger partial charge in [0.15, 0.2) is 5.75 Å². The molecular formula is C10H7F2NO3S. The number of ether oxygens (including phenoxy) is 1. The Morgan fingerprint density at radius 1 is 1.53 bits per heavy atom. The Labute approximate surface area is 98.5 Å². The molecule has 0 aliphatic heterocycles. The molecule has 0 fully saturated rings. The highest BCUT2D eigenvalue weighted by atomic mass is 32.1. The Bertz CT molecular complexity index is 555. The molecule has 1 heterocycles. The predicted molar refractivity (Wildman–Crippen MR) is 57.6 cm³/mol. The normalized spacial score (nSPS) is 11.0. The maximum absolute atomic E-state index is 12.1. The summed E-state index contributed by atoms with van der Waals surface area (Å²) in [5.74, 6) is -1.05. The second kappa shape index (κ2) is 4.62. The van der Waals surface area contributed by atoms with Crippen LogP contribution in [0.25, 0.3) is 10.2 Å². The van der Waals surface area contributed by atoms with Gasteiger partial charge >= 0.3 is 12.6 Å². The quantitative estimate of drug-likeness (QED) is 0.916. The molecule has 1 aromatic carbocycles. The number of benzene rings is 1. The van der Waals surface area contributed by atoms with Crippen molar-refractivity contribution in [1.82, 2.24) is 4.98 Å². The van der Waals surface area contributed by atoms with Gasteiger partial charge in [0.25, 0.3) is 0 Å². The van der Waals surface area contributed by atoms with Crippen LogP contribution in [0.2, 0.25) is 0 Å². The lowest BCUT2D eigenvalue weighted by Crippen LogP contribution is -2.02. The van der Waals surface area contributed by atoms with Crippen molar-refractivity contribution in [2.24, 2.45) is 0 Å². The number of nitrogens with zero attached hydrogens (tertiary/aromatic N) is 1. The summed E-state index contributed by atoms with van der Waals surface area (Å²) >= 11 is 1.15. The molecule has 90 valence electrons. The smallest absolute Gasteiger partial charge is 0.387 e. The lowest BCUT2D eigenvalue weighted by molar-refractivity contribution is -0.136. The van der Waals surface area contributed by atoms with Crippen molar-refractivity contribution >= 4 is 27.5 Å². The number of carboxylic acids is 1. The first-order valence-electron chi connectivity index (χ1n) is 4.61. The lowest BCUT2D eigenvalue weighted by atomic mass is 10.3. The van der Waals surface area contributed by atoms with Crippen LogP contribution in [0.15, 0.2) is 18.2 Å². The van der Waals surface area contributed by atoms with Gasteiger partial charge in [-0.2, -0.15) is 8.78 Å². The number of carboxylic acid groups (broad SMARTS) is 1. The third kappa shape index (κ3) is 2.68. The van der Waals surface area contributed by atoms with Crippen LogP contribution in [0.4, 0.5) is 8.78 Å². The summed E-state index contributed by atoms with van der Waals surface area (Å²) < 4.78 is 29.2. The molecule has 1 aromatic heterocycles. The largest absolute Gasteiger partial charge is 0.481 e. The van der Waals surface area contributed by atoms with Crippen LogP contribution < -0.4 is 4.74 Å². The van der Waals surface area contributed by atoms with Crippen LogP contribution in [0.3, 0.4) is 0 Å². The molecule has 1 N–H and O–H groups in total. The molecule has 0 saturated carbocycles. The Morgan fingerprint density at radius 3 is 2.94 bits per heavy atom. The molecule has 2 rings (SSSR count). The number of hydrogen-bond acceptors (Lipinski definition) is 4. The summed E-state index contributed by atoms with van der Waals surface area (Å²) in [6.45, 7) is -2.93. The minimum absolute atomic E-state index is 0.0367. The van der Waals surface area contributed by atoms with Crippen LogP contribution in [-0.2, 0) is 11.2 Å². The molecule has 0 aliphatic rings. The summed E-state index contributed by atoms with van der Waals surface area (Å²) in [4.78, 5) is 14.5. The number of fused-ring (bicyclic) bond motifs is 1. The Morgan fingerprint density at radius 2 is 2.29 bits per heavy atom. The van der Waals surface area contributed by atoms with Crippen molar-refractivity contribution in [1.29, 1.82) is 0 Å². The van der Waals surface area contributed by atoms with E-state index in [1.807, 2.05) is 0 Å². The summed E-state index contributed by atoms with van der Waals surface area (Å²) in [5, 5.41) is 8.98. The van der Waals surface area contributed by atoms with Crippen molar-refractivity contribution in [3.63, 3.8) is 0 Å². The topological polar surface area (TPSA) is 59.4 Å². The highest BCUT2D eigenvalue weighted by Gasteiger charge is 2.13. The predicted octanol–water partition coefficient (Wildman–Crippen LogP) is 2.52. The number of hydrogen-bond donors (Lipinski definition) is 1. The monoisotopic (exact) mass is 259 g/mol. The zero-order chi connectivity index (χ0) is 12.4. The third-order valence-corrected chi connectivity index (χ3v) is 2.97. The molecule has 0 bridgehead atoms.